The second-order valence-corrected chi connectivity index (χ2v) is 13.8. The number of aryl methyl sites for hydroxylation is 1. The average molecular weight is 735 g/mol. The van der Waals surface area contributed by atoms with Crippen LogP contribution < -0.4 is 4.90 Å². The number of ketones is 1. The largest absolute Gasteiger partial charge is 0.436 e. The average Bonchev–Trinajstić information content (AvgIpc) is 3.97. The van der Waals surface area contributed by atoms with Gasteiger partial charge >= 0.3 is 0 Å². The first-order valence-corrected chi connectivity index (χ1v) is 17.6. The van der Waals surface area contributed by atoms with Crippen molar-refractivity contribution in [3.63, 3.8) is 0 Å². The van der Waals surface area contributed by atoms with Gasteiger partial charge in [0, 0.05) is 29.3 Å². The van der Waals surface area contributed by atoms with Gasteiger partial charge in [-0.3, -0.25) is 28.9 Å². The molecule has 268 valence electrons. The Hall–Kier alpha value is -7.79. The summed E-state index contributed by atoms with van der Waals surface area (Å²) in [6, 6.07) is 35.0. The zero-order valence-electron chi connectivity index (χ0n) is 29.7. The number of rotatable bonds is 6. The van der Waals surface area contributed by atoms with E-state index in [2.05, 4.69) is 0 Å². The van der Waals surface area contributed by atoms with E-state index in [0.717, 1.165) is 37.6 Å². The Balaban J connectivity index is 0.880. The fraction of sp³-hybridized carbons (Fsp3) is 0.0444. The number of anilines is 1. The van der Waals surface area contributed by atoms with Gasteiger partial charge in [-0.1, -0.05) is 42.0 Å². The van der Waals surface area contributed by atoms with E-state index in [9.17, 15) is 24.0 Å². The normalized spacial score (nSPS) is 13.7. The molecule has 0 unspecified atom stereocenters. The molecule has 0 N–H and O–H groups in total. The number of fused-ring (bicyclic) bond motifs is 4. The molecule has 0 saturated heterocycles. The van der Waals surface area contributed by atoms with Gasteiger partial charge in [0.2, 0.25) is 11.8 Å². The van der Waals surface area contributed by atoms with Crippen molar-refractivity contribution in [3.05, 3.63) is 160 Å². The predicted molar refractivity (Wildman–Crippen MR) is 207 cm³/mol. The topological polar surface area (TPSA) is 144 Å². The summed E-state index contributed by atoms with van der Waals surface area (Å²) in [5.74, 6) is -1.56. The predicted octanol–water partition coefficient (Wildman–Crippen LogP) is 8.54. The molecule has 2 aromatic heterocycles. The van der Waals surface area contributed by atoms with Gasteiger partial charge in [0.25, 0.3) is 23.6 Å². The third-order valence-electron chi connectivity index (χ3n) is 10.3. The fourth-order valence-corrected chi connectivity index (χ4v) is 7.20. The standard InChI is InChI=1S/C45H26N4O7/c1-23-3-5-24(6-4-23)40-46-35-21-26(11-17-37(35)55-40)27-12-18-38-36(22-27)47-41(56-38)25-7-13-30(14-8-25)49-44(53)32-16-10-29(20-34(32)45(49)54)39(50)28-9-15-31-33(19-28)43(52)48(2)42(31)51/h3-22H,1-2H3. The molecule has 11 heteroatoms. The molecule has 0 bridgehead atoms. The van der Waals surface area contributed by atoms with Crippen molar-refractivity contribution >= 4 is 57.3 Å². The Bertz CT molecular complexity index is 3050. The van der Waals surface area contributed by atoms with E-state index in [0.29, 0.717) is 39.7 Å². The summed E-state index contributed by atoms with van der Waals surface area (Å²) in [5.41, 5.74) is 8.56. The number of carbonyl (C=O) groups is 5. The van der Waals surface area contributed by atoms with Gasteiger partial charge in [-0.25, -0.2) is 14.9 Å². The third-order valence-corrected chi connectivity index (χ3v) is 10.3. The second-order valence-electron chi connectivity index (χ2n) is 13.8. The van der Waals surface area contributed by atoms with E-state index in [1.54, 1.807) is 24.3 Å². The van der Waals surface area contributed by atoms with Crippen LogP contribution in [0.5, 0.6) is 0 Å². The summed E-state index contributed by atoms with van der Waals surface area (Å²) in [6.45, 7) is 2.03. The SMILES string of the molecule is Cc1ccc(-c2nc3cc(-c4ccc5oc(-c6ccc(N7C(=O)c8ccc(C(=O)c9ccc%10c(c9)C(=O)N(C)C%10=O)cc8C7=O)cc6)nc5c4)ccc3o2)cc1. The number of hydrogen-bond donors (Lipinski definition) is 0. The van der Waals surface area contributed by atoms with Crippen LogP contribution in [0.15, 0.2) is 130 Å². The minimum atomic E-state index is -0.576. The Morgan fingerprint density at radius 1 is 0.500 bits per heavy atom. The van der Waals surface area contributed by atoms with Crippen molar-refractivity contribution in [2.75, 3.05) is 11.9 Å². The minimum absolute atomic E-state index is 0.0845. The number of amides is 4. The molecule has 56 heavy (non-hydrogen) atoms. The van der Waals surface area contributed by atoms with Crippen LogP contribution in [0.25, 0.3) is 56.2 Å². The van der Waals surface area contributed by atoms with E-state index in [4.69, 9.17) is 18.8 Å². The molecule has 6 aromatic carbocycles. The van der Waals surface area contributed by atoms with E-state index in [-0.39, 0.29) is 33.4 Å². The Morgan fingerprint density at radius 2 is 0.946 bits per heavy atom. The molecule has 2 aliphatic rings. The Labute approximate surface area is 317 Å². The number of hydrogen-bond acceptors (Lipinski definition) is 9. The van der Waals surface area contributed by atoms with Crippen molar-refractivity contribution in [2.45, 2.75) is 6.92 Å². The van der Waals surface area contributed by atoms with Crippen LogP contribution in [0.2, 0.25) is 0 Å². The first-order chi connectivity index (χ1) is 27.1. The van der Waals surface area contributed by atoms with Crippen LogP contribution in [0.4, 0.5) is 5.69 Å². The Morgan fingerprint density at radius 3 is 1.50 bits per heavy atom. The summed E-state index contributed by atoms with van der Waals surface area (Å²) >= 11 is 0. The summed E-state index contributed by atoms with van der Waals surface area (Å²) in [5, 5.41) is 0. The first kappa shape index (κ1) is 32.8. The highest BCUT2D eigenvalue weighted by molar-refractivity contribution is 6.35. The maximum Gasteiger partial charge on any atom is 0.266 e. The number of imide groups is 2. The summed E-state index contributed by atoms with van der Waals surface area (Å²) in [6.07, 6.45) is 0. The van der Waals surface area contributed by atoms with E-state index >= 15 is 0 Å². The van der Waals surface area contributed by atoms with Crippen molar-refractivity contribution in [2.24, 2.45) is 0 Å². The zero-order chi connectivity index (χ0) is 38.4. The molecule has 4 amide bonds. The fourth-order valence-electron chi connectivity index (χ4n) is 7.20. The van der Waals surface area contributed by atoms with Crippen molar-refractivity contribution in [1.82, 2.24) is 14.9 Å². The molecule has 0 aliphatic carbocycles. The number of oxazole rings is 2. The lowest BCUT2D eigenvalue weighted by atomic mass is 9.96. The molecule has 0 saturated carbocycles. The molecule has 0 atom stereocenters. The number of benzene rings is 6. The molecular formula is C45H26N4O7. The molecule has 0 spiro atoms. The molecule has 8 aromatic rings. The van der Waals surface area contributed by atoms with E-state index in [1.807, 2.05) is 67.6 Å². The lowest BCUT2D eigenvalue weighted by Gasteiger charge is -2.13. The van der Waals surface area contributed by atoms with Crippen molar-refractivity contribution in [1.29, 1.82) is 0 Å². The van der Waals surface area contributed by atoms with Gasteiger partial charge in [-0.15, -0.1) is 0 Å². The van der Waals surface area contributed by atoms with Crippen LogP contribution in [-0.4, -0.2) is 51.3 Å². The molecule has 0 fully saturated rings. The number of nitrogens with zero attached hydrogens (tertiary/aromatic N) is 4. The summed E-state index contributed by atoms with van der Waals surface area (Å²) in [7, 11) is 1.38. The molecule has 0 radical (unpaired) electrons. The van der Waals surface area contributed by atoms with Gasteiger partial charge < -0.3 is 8.83 Å². The van der Waals surface area contributed by atoms with E-state index < -0.39 is 29.4 Å². The zero-order valence-corrected chi connectivity index (χ0v) is 29.7. The van der Waals surface area contributed by atoms with Crippen LogP contribution in [0, 0.1) is 6.92 Å². The van der Waals surface area contributed by atoms with Gasteiger partial charge in [0.05, 0.1) is 27.9 Å². The molecular weight excluding hydrogens is 709 g/mol. The molecule has 2 aliphatic heterocycles. The van der Waals surface area contributed by atoms with Gasteiger partial charge in [-0.2, -0.15) is 0 Å². The lowest BCUT2D eigenvalue weighted by molar-refractivity contribution is 0.0692. The maximum atomic E-state index is 13.6. The minimum Gasteiger partial charge on any atom is -0.436 e. The third kappa shape index (κ3) is 5.09. The molecule has 11 nitrogen and oxygen atoms in total. The van der Waals surface area contributed by atoms with Gasteiger partial charge in [-0.05, 0) is 103 Å². The number of aromatic nitrogens is 2. The van der Waals surface area contributed by atoms with Gasteiger partial charge in [0.15, 0.2) is 16.9 Å². The van der Waals surface area contributed by atoms with Crippen LogP contribution in [0.3, 0.4) is 0 Å². The van der Waals surface area contributed by atoms with Crippen LogP contribution >= 0.6 is 0 Å². The lowest BCUT2D eigenvalue weighted by Crippen LogP contribution is -2.29. The Kier molecular flexibility index (Phi) is 7.10. The van der Waals surface area contributed by atoms with Crippen LogP contribution in [0.1, 0.15) is 62.9 Å². The molecule has 10 rings (SSSR count). The van der Waals surface area contributed by atoms with E-state index in [1.165, 1.54) is 43.4 Å². The monoisotopic (exact) mass is 734 g/mol. The smallest absolute Gasteiger partial charge is 0.266 e. The highest BCUT2D eigenvalue weighted by Crippen LogP contribution is 2.35. The maximum absolute atomic E-state index is 13.6. The van der Waals surface area contributed by atoms with Crippen molar-refractivity contribution < 1.29 is 32.8 Å². The second kappa shape index (κ2) is 12.1. The van der Waals surface area contributed by atoms with Crippen molar-refractivity contribution in [3.8, 4) is 34.0 Å². The quantitative estimate of drug-likeness (QED) is 0.121. The number of carbonyl (C=O) groups excluding carboxylic acids is 5. The van der Waals surface area contributed by atoms with Crippen LogP contribution in [-0.2, 0) is 0 Å². The molecule has 4 heterocycles. The van der Waals surface area contributed by atoms with Gasteiger partial charge in [0.1, 0.15) is 11.0 Å². The summed E-state index contributed by atoms with van der Waals surface area (Å²) < 4.78 is 12.1. The highest BCUT2D eigenvalue weighted by Gasteiger charge is 2.38. The highest BCUT2D eigenvalue weighted by atomic mass is 16.4. The summed E-state index contributed by atoms with van der Waals surface area (Å²) in [4.78, 5) is 76.8. The first-order valence-electron chi connectivity index (χ1n) is 17.6.